The lowest BCUT2D eigenvalue weighted by molar-refractivity contribution is -0.122. The molecular weight excluding hydrogens is 236 g/mol. The molecule has 1 aromatic rings. The number of methoxy groups -OCH3 is 1. The number of aliphatic hydroxyl groups is 1. The van der Waals surface area contributed by atoms with E-state index in [0.29, 0.717) is 17.1 Å². The van der Waals surface area contributed by atoms with Gasteiger partial charge in [-0.3, -0.25) is 4.79 Å². The van der Waals surface area contributed by atoms with Gasteiger partial charge in [-0.25, -0.2) is 0 Å². The fourth-order valence-electron chi connectivity index (χ4n) is 1.28. The van der Waals surface area contributed by atoms with E-state index in [9.17, 15) is 4.79 Å². The van der Waals surface area contributed by atoms with E-state index in [1.807, 2.05) is 0 Å². The van der Waals surface area contributed by atoms with Gasteiger partial charge in [-0.1, -0.05) is 0 Å². The number of hydrogen-bond acceptors (Lipinski definition) is 5. The molecule has 0 saturated carbocycles. The lowest BCUT2D eigenvalue weighted by Gasteiger charge is -2.11. The third-order valence-electron chi connectivity index (χ3n) is 2.16. The second kappa shape index (κ2) is 7.14. The fraction of sp³-hybridized carbons (Fsp3) is 0.333. The molecule has 6 nitrogen and oxygen atoms in total. The van der Waals surface area contributed by atoms with Crippen molar-refractivity contribution in [2.45, 2.75) is 6.61 Å². The molecule has 6 heteroatoms. The number of ether oxygens (including phenoxy) is 2. The Balaban J connectivity index is 2.62. The van der Waals surface area contributed by atoms with E-state index in [4.69, 9.17) is 19.8 Å². The minimum Gasteiger partial charge on any atom is -0.497 e. The van der Waals surface area contributed by atoms with Crippen LogP contribution in [0.25, 0.3) is 0 Å². The highest BCUT2D eigenvalue weighted by molar-refractivity contribution is 5.77. The number of rotatable bonds is 6. The maximum absolute atomic E-state index is 11.2. The minimum atomic E-state index is -0.392. The Morgan fingerprint density at radius 2 is 2.33 bits per heavy atom. The predicted octanol–water partition coefficient (Wildman–Crippen LogP) is 0.206. The van der Waals surface area contributed by atoms with Gasteiger partial charge >= 0.3 is 0 Å². The maximum atomic E-state index is 11.2. The summed E-state index contributed by atoms with van der Waals surface area (Å²) in [5.41, 5.74) is 0.530. The Hall–Kier alpha value is -2.26. The van der Waals surface area contributed by atoms with Gasteiger partial charge in [0.25, 0.3) is 5.91 Å². The molecule has 0 aliphatic carbocycles. The van der Waals surface area contributed by atoms with Gasteiger partial charge in [-0.2, -0.15) is 5.26 Å². The summed E-state index contributed by atoms with van der Waals surface area (Å²) in [6.45, 7) is -0.481. The third-order valence-corrected chi connectivity index (χ3v) is 2.16. The SMILES string of the molecule is COc1ccc(OCC(=O)NCC#N)c(CO)c1. The van der Waals surface area contributed by atoms with E-state index in [0.717, 1.165) is 0 Å². The van der Waals surface area contributed by atoms with Crippen LogP contribution in [0.3, 0.4) is 0 Å². The van der Waals surface area contributed by atoms with Gasteiger partial charge in [-0.15, -0.1) is 0 Å². The number of amides is 1. The summed E-state index contributed by atoms with van der Waals surface area (Å²) in [6.07, 6.45) is 0. The van der Waals surface area contributed by atoms with Gasteiger partial charge < -0.3 is 19.9 Å². The first-order valence-corrected chi connectivity index (χ1v) is 5.25. The molecular formula is C12H14N2O4. The molecule has 0 aliphatic rings. The first-order chi connectivity index (χ1) is 8.71. The number of benzene rings is 1. The molecule has 0 saturated heterocycles. The predicted molar refractivity (Wildman–Crippen MR) is 63.0 cm³/mol. The molecule has 18 heavy (non-hydrogen) atoms. The van der Waals surface area contributed by atoms with Crippen LogP contribution in [0.2, 0.25) is 0 Å². The van der Waals surface area contributed by atoms with E-state index in [1.54, 1.807) is 24.3 Å². The van der Waals surface area contributed by atoms with Gasteiger partial charge in [0.15, 0.2) is 6.61 Å². The first-order valence-electron chi connectivity index (χ1n) is 5.25. The molecule has 2 N–H and O–H groups in total. The van der Waals surface area contributed by atoms with Gasteiger partial charge in [0.2, 0.25) is 0 Å². The number of hydrogen-bond donors (Lipinski definition) is 2. The van der Waals surface area contributed by atoms with Crippen LogP contribution >= 0.6 is 0 Å². The lowest BCUT2D eigenvalue weighted by atomic mass is 10.2. The van der Waals surface area contributed by atoms with E-state index in [-0.39, 0.29) is 19.8 Å². The van der Waals surface area contributed by atoms with Crippen molar-refractivity contribution in [2.75, 3.05) is 20.3 Å². The molecule has 0 radical (unpaired) electrons. The van der Waals surface area contributed by atoms with Crippen molar-refractivity contribution in [3.63, 3.8) is 0 Å². The zero-order valence-electron chi connectivity index (χ0n) is 9.97. The van der Waals surface area contributed by atoms with E-state index >= 15 is 0 Å². The van der Waals surface area contributed by atoms with Crippen LogP contribution in [0.5, 0.6) is 11.5 Å². The van der Waals surface area contributed by atoms with Crippen molar-refractivity contribution in [1.82, 2.24) is 5.32 Å². The van der Waals surface area contributed by atoms with Crippen LogP contribution in [0.15, 0.2) is 18.2 Å². The Kier molecular flexibility index (Phi) is 5.48. The van der Waals surface area contributed by atoms with E-state index < -0.39 is 5.91 Å². The number of nitrogens with one attached hydrogen (secondary N) is 1. The summed E-state index contributed by atoms with van der Waals surface area (Å²) < 4.78 is 10.3. The van der Waals surface area contributed by atoms with Crippen molar-refractivity contribution >= 4 is 5.91 Å². The zero-order valence-corrected chi connectivity index (χ0v) is 9.97. The number of nitrogens with zero attached hydrogens (tertiary/aromatic N) is 1. The highest BCUT2D eigenvalue weighted by Gasteiger charge is 2.07. The van der Waals surface area contributed by atoms with Gasteiger partial charge in [0, 0.05) is 5.56 Å². The molecule has 1 amide bonds. The number of nitriles is 1. The molecule has 0 spiro atoms. The van der Waals surface area contributed by atoms with E-state index in [2.05, 4.69) is 5.32 Å². The second-order valence-corrected chi connectivity index (χ2v) is 3.36. The number of aliphatic hydroxyl groups excluding tert-OH is 1. The Bertz CT molecular complexity index is 454. The highest BCUT2D eigenvalue weighted by Crippen LogP contribution is 2.24. The Labute approximate surface area is 105 Å². The largest absolute Gasteiger partial charge is 0.497 e. The van der Waals surface area contributed by atoms with Crippen LogP contribution < -0.4 is 14.8 Å². The monoisotopic (exact) mass is 250 g/mol. The molecule has 0 unspecified atom stereocenters. The van der Waals surface area contributed by atoms with Crippen LogP contribution in [0.4, 0.5) is 0 Å². The maximum Gasteiger partial charge on any atom is 0.258 e. The molecule has 0 bridgehead atoms. The average Bonchev–Trinajstić information content (AvgIpc) is 2.42. The van der Waals surface area contributed by atoms with Crippen LogP contribution in [0.1, 0.15) is 5.56 Å². The minimum absolute atomic E-state index is 0.0579. The number of carbonyl (C=O) groups is 1. The quantitative estimate of drug-likeness (QED) is 0.704. The summed E-state index contributed by atoms with van der Waals surface area (Å²) in [4.78, 5) is 11.2. The topological polar surface area (TPSA) is 91.6 Å². The molecule has 0 fully saturated rings. The first kappa shape index (κ1) is 13.8. The van der Waals surface area contributed by atoms with Gasteiger partial charge in [0.1, 0.15) is 18.0 Å². The van der Waals surface area contributed by atoms with Crippen LogP contribution in [-0.2, 0) is 11.4 Å². The fourth-order valence-corrected chi connectivity index (χ4v) is 1.28. The Morgan fingerprint density at radius 3 is 2.94 bits per heavy atom. The number of carbonyl (C=O) groups excluding carboxylic acids is 1. The zero-order chi connectivity index (χ0) is 13.4. The van der Waals surface area contributed by atoms with Crippen molar-refractivity contribution in [1.29, 1.82) is 5.26 Å². The van der Waals surface area contributed by atoms with Gasteiger partial charge in [-0.05, 0) is 18.2 Å². The normalized spacial score (nSPS) is 9.39. The summed E-state index contributed by atoms with van der Waals surface area (Å²) in [7, 11) is 1.52. The third kappa shape index (κ3) is 3.96. The standard InChI is InChI=1S/C12H14N2O4/c1-17-10-2-3-11(9(6-10)7-15)18-8-12(16)14-5-4-13/h2-3,6,15H,5,7-8H2,1H3,(H,14,16). The molecule has 0 atom stereocenters. The summed E-state index contributed by atoms with van der Waals surface area (Å²) in [5.74, 6) is 0.613. The molecule has 0 aliphatic heterocycles. The van der Waals surface area contributed by atoms with Crippen molar-refractivity contribution in [2.24, 2.45) is 0 Å². The second-order valence-electron chi connectivity index (χ2n) is 3.36. The van der Waals surface area contributed by atoms with Crippen molar-refractivity contribution < 1.29 is 19.4 Å². The smallest absolute Gasteiger partial charge is 0.258 e. The van der Waals surface area contributed by atoms with Crippen LogP contribution in [-0.4, -0.2) is 31.3 Å². The molecule has 96 valence electrons. The summed E-state index contributed by atoms with van der Waals surface area (Å²) >= 11 is 0. The van der Waals surface area contributed by atoms with Crippen molar-refractivity contribution in [3.8, 4) is 17.6 Å². The molecule has 1 aromatic carbocycles. The molecule has 0 aromatic heterocycles. The van der Waals surface area contributed by atoms with Gasteiger partial charge in [0.05, 0.1) is 19.8 Å². The van der Waals surface area contributed by atoms with Crippen molar-refractivity contribution in [3.05, 3.63) is 23.8 Å². The van der Waals surface area contributed by atoms with Crippen LogP contribution in [0, 0.1) is 11.3 Å². The Morgan fingerprint density at radius 1 is 1.56 bits per heavy atom. The highest BCUT2D eigenvalue weighted by atomic mass is 16.5. The lowest BCUT2D eigenvalue weighted by Crippen LogP contribution is -2.29. The van der Waals surface area contributed by atoms with E-state index in [1.165, 1.54) is 7.11 Å². The molecule has 1 rings (SSSR count). The summed E-state index contributed by atoms with van der Waals surface area (Å²) in [6, 6.07) is 6.70. The summed E-state index contributed by atoms with van der Waals surface area (Å²) in [5, 5.41) is 19.8. The molecule has 0 heterocycles. The average molecular weight is 250 g/mol.